The summed E-state index contributed by atoms with van der Waals surface area (Å²) < 4.78 is 18.8. The maximum atomic E-state index is 13.7. The number of benzene rings is 3. The number of piperidine rings is 1. The molecule has 3 aromatic rings. The maximum absolute atomic E-state index is 13.7. The van der Waals surface area contributed by atoms with E-state index in [2.05, 4.69) is 10.2 Å². The SMILES string of the molecule is COc1ccccc1N(CCN1CCC(C(=O)c2ccc(F)cc2)CC1)C(=O)c1ccc(CNC(C)=O)cc1. The molecule has 1 aliphatic heterocycles. The Hall–Kier alpha value is -4.04. The van der Waals surface area contributed by atoms with Crippen molar-refractivity contribution in [3.63, 3.8) is 0 Å². The van der Waals surface area contributed by atoms with Gasteiger partial charge >= 0.3 is 0 Å². The Morgan fingerprint density at radius 3 is 2.23 bits per heavy atom. The summed E-state index contributed by atoms with van der Waals surface area (Å²) in [4.78, 5) is 41.8. The molecule has 8 heteroatoms. The fourth-order valence-corrected chi connectivity index (χ4v) is 4.84. The molecule has 0 atom stereocenters. The highest BCUT2D eigenvalue weighted by atomic mass is 19.1. The number of hydrogen-bond acceptors (Lipinski definition) is 5. The zero-order valence-electron chi connectivity index (χ0n) is 22.4. The number of para-hydroxylation sites is 2. The lowest BCUT2D eigenvalue weighted by Gasteiger charge is -2.33. The number of likely N-dealkylation sites (tertiary alicyclic amines) is 1. The molecule has 0 bridgehead atoms. The van der Waals surface area contributed by atoms with Crippen LogP contribution in [0.3, 0.4) is 0 Å². The predicted octanol–water partition coefficient (Wildman–Crippen LogP) is 4.71. The number of nitrogens with zero attached hydrogens (tertiary/aromatic N) is 2. The molecule has 4 rings (SSSR count). The van der Waals surface area contributed by atoms with E-state index in [4.69, 9.17) is 4.74 Å². The first kappa shape index (κ1) is 28.0. The van der Waals surface area contributed by atoms with Crippen molar-refractivity contribution in [3.8, 4) is 5.75 Å². The van der Waals surface area contributed by atoms with E-state index in [0.717, 1.165) is 18.7 Å². The highest BCUT2D eigenvalue weighted by molar-refractivity contribution is 6.07. The normalized spacial score (nSPS) is 14.0. The van der Waals surface area contributed by atoms with Crippen LogP contribution in [0.4, 0.5) is 10.1 Å². The number of halogens is 1. The molecule has 2 amide bonds. The molecule has 0 saturated carbocycles. The molecule has 0 spiro atoms. The monoisotopic (exact) mass is 531 g/mol. The molecule has 1 fully saturated rings. The maximum Gasteiger partial charge on any atom is 0.258 e. The number of Topliss-reactive ketones (excluding diaryl/α,β-unsaturated/α-hetero) is 1. The number of rotatable bonds is 10. The lowest BCUT2D eigenvalue weighted by atomic mass is 9.89. The minimum Gasteiger partial charge on any atom is -0.495 e. The van der Waals surface area contributed by atoms with Gasteiger partial charge in [0.1, 0.15) is 11.6 Å². The molecule has 1 aliphatic rings. The first-order chi connectivity index (χ1) is 18.9. The Kier molecular flexibility index (Phi) is 9.44. The molecule has 0 radical (unpaired) electrons. The fraction of sp³-hybridized carbons (Fsp3) is 0.323. The van der Waals surface area contributed by atoms with Gasteiger partial charge in [0, 0.05) is 43.6 Å². The molecule has 0 unspecified atom stereocenters. The van der Waals surface area contributed by atoms with Gasteiger partial charge in [-0.15, -0.1) is 0 Å². The van der Waals surface area contributed by atoms with Gasteiger partial charge in [-0.25, -0.2) is 4.39 Å². The Labute approximate surface area is 228 Å². The average Bonchev–Trinajstić information content (AvgIpc) is 2.97. The molecule has 1 heterocycles. The summed E-state index contributed by atoms with van der Waals surface area (Å²) in [5, 5.41) is 2.76. The van der Waals surface area contributed by atoms with Gasteiger partial charge in [0.2, 0.25) is 5.91 Å². The van der Waals surface area contributed by atoms with Gasteiger partial charge in [-0.2, -0.15) is 0 Å². The topological polar surface area (TPSA) is 79.0 Å². The van der Waals surface area contributed by atoms with Crippen molar-refractivity contribution in [1.82, 2.24) is 10.2 Å². The van der Waals surface area contributed by atoms with Crippen molar-refractivity contribution >= 4 is 23.3 Å². The number of carbonyl (C=O) groups excluding carboxylic acids is 3. The van der Waals surface area contributed by atoms with Crippen molar-refractivity contribution in [2.75, 3.05) is 38.2 Å². The van der Waals surface area contributed by atoms with E-state index in [-0.39, 0.29) is 29.3 Å². The van der Waals surface area contributed by atoms with Crippen LogP contribution in [-0.4, -0.2) is 55.8 Å². The second kappa shape index (κ2) is 13.2. The van der Waals surface area contributed by atoms with Crippen molar-refractivity contribution in [3.05, 3.63) is 95.3 Å². The summed E-state index contributed by atoms with van der Waals surface area (Å²) in [6, 6.07) is 20.4. The Morgan fingerprint density at radius 2 is 1.59 bits per heavy atom. The molecule has 0 aliphatic carbocycles. The molecule has 204 valence electrons. The first-order valence-corrected chi connectivity index (χ1v) is 13.2. The zero-order valence-corrected chi connectivity index (χ0v) is 22.4. The third-order valence-electron chi connectivity index (χ3n) is 7.09. The predicted molar refractivity (Wildman–Crippen MR) is 149 cm³/mol. The quantitative estimate of drug-likeness (QED) is 0.384. The number of hydrogen-bond donors (Lipinski definition) is 1. The number of methoxy groups -OCH3 is 1. The van der Waals surface area contributed by atoms with Crippen molar-refractivity contribution < 1.29 is 23.5 Å². The zero-order chi connectivity index (χ0) is 27.8. The van der Waals surface area contributed by atoms with Gasteiger partial charge in [-0.1, -0.05) is 24.3 Å². The minimum absolute atomic E-state index is 0.0578. The summed E-state index contributed by atoms with van der Waals surface area (Å²) in [5.41, 5.74) is 2.68. The third-order valence-corrected chi connectivity index (χ3v) is 7.09. The molecule has 39 heavy (non-hydrogen) atoms. The molecule has 0 aromatic heterocycles. The van der Waals surface area contributed by atoms with Crippen LogP contribution in [0.2, 0.25) is 0 Å². The highest BCUT2D eigenvalue weighted by Gasteiger charge is 2.27. The third kappa shape index (κ3) is 7.29. The van der Waals surface area contributed by atoms with Crippen LogP contribution in [-0.2, 0) is 11.3 Å². The second-order valence-corrected chi connectivity index (χ2v) is 9.72. The molecular formula is C31H34FN3O4. The van der Waals surface area contributed by atoms with Gasteiger partial charge < -0.3 is 19.9 Å². The van der Waals surface area contributed by atoms with Crippen LogP contribution in [0.5, 0.6) is 5.75 Å². The molecular weight excluding hydrogens is 497 g/mol. The molecule has 3 aromatic carbocycles. The summed E-state index contributed by atoms with van der Waals surface area (Å²) in [6.45, 7) is 4.44. The van der Waals surface area contributed by atoms with Crippen molar-refractivity contribution in [2.24, 2.45) is 5.92 Å². The molecule has 1 N–H and O–H groups in total. The van der Waals surface area contributed by atoms with Crippen molar-refractivity contribution in [2.45, 2.75) is 26.3 Å². The van der Waals surface area contributed by atoms with E-state index in [1.54, 1.807) is 36.3 Å². The first-order valence-electron chi connectivity index (χ1n) is 13.2. The summed E-state index contributed by atoms with van der Waals surface area (Å²) in [6.07, 6.45) is 1.43. The van der Waals surface area contributed by atoms with Crippen LogP contribution in [0, 0.1) is 11.7 Å². The van der Waals surface area contributed by atoms with Crippen molar-refractivity contribution in [1.29, 1.82) is 0 Å². The van der Waals surface area contributed by atoms with E-state index in [0.29, 0.717) is 55.0 Å². The van der Waals surface area contributed by atoms with Crippen LogP contribution < -0.4 is 15.0 Å². The van der Waals surface area contributed by atoms with Crippen LogP contribution >= 0.6 is 0 Å². The lowest BCUT2D eigenvalue weighted by Crippen LogP contribution is -2.43. The van der Waals surface area contributed by atoms with Gasteiger partial charge in [0.15, 0.2) is 5.78 Å². The van der Waals surface area contributed by atoms with Gasteiger partial charge in [-0.05, 0) is 80.0 Å². The van der Waals surface area contributed by atoms with Crippen LogP contribution in [0.25, 0.3) is 0 Å². The Balaban J connectivity index is 1.42. The number of nitrogens with one attached hydrogen (secondary N) is 1. The van der Waals surface area contributed by atoms with E-state index in [1.165, 1.54) is 19.1 Å². The minimum atomic E-state index is -0.351. The van der Waals surface area contributed by atoms with Gasteiger partial charge in [-0.3, -0.25) is 14.4 Å². The largest absolute Gasteiger partial charge is 0.495 e. The van der Waals surface area contributed by atoms with E-state index >= 15 is 0 Å². The Bertz CT molecular complexity index is 1290. The second-order valence-electron chi connectivity index (χ2n) is 9.72. The summed E-state index contributed by atoms with van der Waals surface area (Å²) in [7, 11) is 1.58. The standard InChI is InChI=1S/C31H34FN3O4/c1-22(36)33-21-23-7-9-26(10-8-23)31(38)35(28-5-3-4-6-29(28)39-2)20-19-34-17-15-25(16-18-34)30(37)24-11-13-27(32)14-12-24/h3-14,25H,15-21H2,1-2H3,(H,33,36). The summed E-state index contributed by atoms with van der Waals surface area (Å²) in [5.74, 6) is -0.0291. The number of carbonyl (C=O) groups is 3. The fourth-order valence-electron chi connectivity index (χ4n) is 4.84. The Morgan fingerprint density at radius 1 is 0.949 bits per heavy atom. The smallest absolute Gasteiger partial charge is 0.258 e. The van der Waals surface area contributed by atoms with E-state index in [1.807, 2.05) is 36.4 Å². The highest BCUT2D eigenvalue weighted by Crippen LogP contribution is 2.29. The lowest BCUT2D eigenvalue weighted by molar-refractivity contribution is -0.119. The van der Waals surface area contributed by atoms with Crippen LogP contribution in [0.15, 0.2) is 72.8 Å². The number of amides is 2. The average molecular weight is 532 g/mol. The van der Waals surface area contributed by atoms with Gasteiger partial charge in [0.25, 0.3) is 5.91 Å². The number of ether oxygens (including phenoxy) is 1. The summed E-state index contributed by atoms with van der Waals surface area (Å²) >= 11 is 0. The van der Waals surface area contributed by atoms with E-state index in [9.17, 15) is 18.8 Å². The molecule has 7 nitrogen and oxygen atoms in total. The van der Waals surface area contributed by atoms with Crippen LogP contribution in [0.1, 0.15) is 46.0 Å². The number of ketones is 1. The van der Waals surface area contributed by atoms with E-state index < -0.39 is 0 Å². The van der Waals surface area contributed by atoms with Gasteiger partial charge in [0.05, 0.1) is 12.8 Å². The number of anilines is 1. The molecule has 1 saturated heterocycles.